The molecule has 78 valence electrons. The standard InChI is InChI=1S/C7H11FN4OS/c1-13-2-3-14-6-5(8)4-10-7(11-6)12-9/h4H,2-3,9H2,1H3,(H,10,11,12). The van der Waals surface area contributed by atoms with E-state index in [0.717, 1.165) is 6.20 Å². The first-order valence-electron chi connectivity index (χ1n) is 3.89. The van der Waals surface area contributed by atoms with Gasteiger partial charge in [-0.1, -0.05) is 0 Å². The van der Waals surface area contributed by atoms with Gasteiger partial charge in [-0.2, -0.15) is 0 Å². The minimum absolute atomic E-state index is 0.200. The Labute approximate surface area is 85.2 Å². The summed E-state index contributed by atoms with van der Waals surface area (Å²) in [6.07, 6.45) is 1.08. The molecule has 0 spiro atoms. The zero-order valence-electron chi connectivity index (χ0n) is 7.66. The molecule has 14 heavy (non-hydrogen) atoms. The predicted octanol–water partition coefficient (Wildman–Crippen LogP) is 0.640. The molecule has 1 aromatic rings. The lowest BCUT2D eigenvalue weighted by Crippen LogP contribution is -2.11. The van der Waals surface area contributed by atoms with Gasteiger partial charge in [-0.15, -0.1) is 11.8 Å². The van der Waals surface area contributed by atoms with E-state index < -0.39 is 5.82 Å². The van der Waals surface area contributed by atoms with Crippen molar-refractivity contribution in [2.24, 2.45) is 5.84 Å². The van der Waals surface area contributed by atoms with E-state index in [4.69, 9.17) is 10.6 Å². The Hall–Kier alpha value is -0.920. The fourth-order valence-corrected chi connectivity index (χ4v) is 1.53. The number of hydrogen-bond acceptors (Lipinski definition) is 6. The molecule has 1 rings (SSSR count). The molecule has 0 saturated carbocycles. The lowest BCUT2D eigenvalue weighted by molar-refractivity contribution is 0.218. The molecule has 1 heterocycles. The topological polar surface area (TPSA) is 73.1 Å². The summed E-state index contributed by atoms with van der Waals surface area (Å²) >= 11 is 1.25. The summed E-state index contributed by atoms with van der Waals surface area (Å²) in [5, 5.41) is 0.269. The fourth-order valence-electron chi connectivity index (χ4n) is 0.744. The van der Waals surface area contributed by atoms with Crippen molar-refractivity contribution in [2.45, 2.75) is 5.03 Å². The Bertz CT molecular complexity index is 299. The number of nitrogens with two attached hydrogens (primary N) is 1. The SMILES string of the molecule is COCCSc1nc(NN)ncc1F. The Morgan fingerprint density at radius 2 is 2.50 bits per heavy atom. The number of ether oxygens (including phenoxy) is 1. The average Bonchev–Trinajstić information content (AvgIpc) is 2.21. The maximum absolute atomic E-state index is 13.1. The second-order valence-electron chi connectivity index (χ2n) is 2.33. The zero-order valence-corrected chi connectivity index (χ0v) is 8.47. The van der Waals surface area contributed by atoms with Crippen molar-refractivity contribution in [3.05, 3.63) is 12.0 Å². The molecule has 0 saturated heterocycles. The summed E-state index contributed by atoms with van der Waals surface area (Å²) in [5.41, 5.74) is 2.25. The lowest BCUT2D eigenvalue weighted by atomic mass is 10.6. The molecule has 0 aliphatic rings. The van der Waals surface area contributed by atoms with E-state index in [1.54, 1.807) is 7.11 Å². The minimum Gasteiger partial charge on any atom is -0.384 e. The molecule has 0 aromatic carbocycles. The highest BCUT2D eigenvalue weighted by molar-refractivity contribution is 7.99. The normalized spacial score (nSPS) is 10.2. The zero-order chi connectivity index (χ0) is 10.4. The third-order valence-corrected chi connectivity index (χ3v) is 2.30. The van der Waals surface area contributed by atoms with Crippen molar-refractivity contribution in [2.75, 3.05) is 24.9 Å². The number of methoxy groups -OCH3 is 1. The summed E-state index contributed by atoms with van der Waals surface area (Å²) in [6, 6.07) is 0. The van der Waals surface area contributed by atoms with E-state index in [1.165, 1.54) is 11.8 Å². The van der Waals surface area contributed by atoms with Crippen molar-refractivity contribution in [1.82, 2.24) is 9.97 Å². The van der Waals surface area contributed by atoms with Crippen molar-refractivity contribution in [3.8, 4) is 0 Å². The Morgan fingerprint density at radius 3 is 3.14 bits per heavy atom. The number of rotatable bonds is 5. The molecule has 0 aliphatic heterocycles. The first kappa shape index (κ1) is 11.2. The Morgan fingerprint density at radius 1 is 1.71 bits per heavy atom. The maximum atomic E-state index is 13.1. The Balaban J connectivity index is 2.64. The summed E-state index contributed by atoms with van der Waals surface area (Å²) < 4.78 is 17.9. The number of anilines is 1. The van der Waals surface area contributed by atoms with Crippen LogP contribution in [0, 0.1) is 5.82 Å². The number of nitrogens with one attached hydrogen (secondary N) is 1. The fraction of sp³-hybridized carbons (Fsp3) is 0.429. The molecule has 0 aliphatic carbocycles. The van der Waals surface area contributed by atoms with Gasteiger partial charge in [0.05, 0.1) is 12.8 Å². The molecule has 1 aromatic heterocycles. The number of hydrogen-bond donors (Lipinski definition) is 2. The summed E-state index contributed by atoms with van der Waals surface area (Å²) in [6.45, 7) is 0.541. The van der Waals surface area contributed by atoms with Crippen molar-refractivity contribution < 1.29 is 9.13 Å². The second-order valence-corrected chi connectivity index (χ2v) is 3.42. The largest absolute Gasteiger partial charge is 0.384 e. The van der Waals surface area contributed by atoms with Gasteiger partial charge in [-0.3, -0.25) is 5.43 Å². The molecule has 3 N–H and O–H groups in total. The number of nitrogens with zero attached hydrogens (tertiary/aromatic N) is 2. The highest BCUT2D eigenvalue weighted by Gasteiger charge is 2.06. The van der Waals surface area contributed by atoms with E-state index in [9.17, 15) is 4.39 Å². The first-order valence-corrected chi connectivity index (χ1v) is 4.87. The average molecular weight is 218 g/mol. The van der Waals surface area contributed by atoms with Gasteiger partial charge in [-0.05, 0) is 0 Å². The summed E-state index contributed by atoms with van der Waals surface area (Å²) in [5.74, 6) is 5.47. The summed E-state index contributed by atoms with van der Waals surface area (Å²) in [7, 11) is 1.59. The molecule has 7 heteroatoms. The molecule has 0 atom stereocenters. The van der Waals surface area contributed by atoms with Crippen molar-refractivity contribution in [1.29, 1.82) is 0 Å². The van der Waals surface area contributed by atoms with Gasteiger partial charge in [0.1, 0.15) is 5.03 Å². The van der Waals surface area contributed by atoms with E-state index >= 15 is 0 Å². The van der Waals surface area contributed by atoms with Gasteiger partial charge in [0, 0.05) is 12.9 Å². The van der Waals surface area contributed by atoms with Crippen LogP contribution in [0.4, 0.5) is 10.3 Å². The molecule has 0 fully saturated rings. The van der Waals surface area contributed by atoms with Gasteiger partial charge < -0.3 is 4.74 Å². The lowest BCUT2D eigenvalue weighted by Gasteiger charge is -2.03. The van der Waals surface area contributed by atoms with Gasteiger partial charge in [0.15, 0.2) is 5.82 Å². The summed E-state index contributed by atoms with van der Waals surface area (Å²) in [4.78, 5) is 7.47. The quantitative estimate of drug-likeness (QED) is 0.248. The van der Waals surface area contributed by atoms with Gasteiger partial charge in [0.25, 0.3) is 0 Å². The van der Waals surface area contributed by atoms with E-state index in [2.05, 4.69) is 15.4 Å². The number of nitrogen functional groups attached to an aromatic ring is 1. The first-order chi connectivity index (χ1) is 6.77. The number of hydrazine groups is 1. The maximum Gasteiger partial charge on any atom is 0.238 e. The van der Waals surface area contributed by atoms with Gasteiger partial charge in [-0.25, -0.2) is 20.2 Å². The monoisotopic (exact) mass is 218 g/mol. The number of aromatic nitrogens is 2. The number of halogens is 1. The van der Waals surface area contributed by atoms with Crippen molar-refractivity contribution in [3.63, 3.8) is 0 Å². The van der Waals surface area contributed by atoms with Crippen molar-refractivity contribution >= 4 is 17.7 Å². The third kappa shape index (κ3) is 3.09. The molecular weight excluding hydrogens is 207 g/mol. The predicted molar refractivity (Wildman–Crippen MR) is 52.4 cm³/mol. The molecule has 0 unspecified atom stereocenters. The van der Waals surface area contributed by atoms with Crippen LogP contribution in [-0.4, -0.2) is 29.4 Å². The van der Waals surface area contributed by atoms with Crippen LogP contribution in [0.2, 0.25) is 0 Å². The molecule has 0 bridgehead atoms. The van der Waals surface area contributed by atoms with Crippen LogP contribution in [0.3, 0.4) is 0 Å². The molecule has 0 radical (unpaired) electrons. The smallest absolute Gasteiger partial charge is 0.238 e. The highest BCUT2D eigenvalue weighted by atomic mass is 32.2. The van der Waals surface area contributed by atoms with E-state index in [0.29, 0.717) is 12.4 Å². The minimum atomic E-state index is -0.454. The van der Waals surface area contributed by atoms with Crippen LogP contribution in [-0.2, 0) is 4.74 Å². The third-order valence-electron chi connectivity index (χ3n) is 1.37. The Kier molecular flexibility index (Phi) is 4.57. The van der Waals surface area contributed by atoms with Gasteiger partial charge >= 0.3 is 0 Å². The van der Waals surface area contributed by atoms with E-state index in [1.807, 2.05) is 0 Å². The van der Waals surface area contributed by atoms with Crippen LogP contribution in [0.1, 0.15) is 0 Å². The van der Waals surface area contributed by atoms with Crippen LogP contribution >= 0.6 is 11.8 Å². The molecule has 0 amide bonds. The highest BCUT2D eigenvalue weighted by Crippen LogP contribution is 2.19. The molecule has 5 nitrogen and oxygen atoms in total. The van der Waals surface area contributed by atoms with E-state index in [-0.39, 0.29) is 11.0 Å². The van der Waals surface area contributed by atoms with Crippen LogP contribution in [0.25, 0.3) is 0 Å². The second kappa shape index (κ2) is 5.74. The van der Waals surface area contributed by atoms with Gasteiger partial charge in [0.2, 0.25) is 5.95 Å². The number of thioether (sulfide) groups is 1. The van der Waals surface area contributed by atoms with Crippen LogP contribution in [0.5, 0.6) is 0 Å². The van der Waals surface area contributed by atoms with Crippen LogP contribution < -0.4 is 11.3 Å². The van der Waals surface area contributed by atoms with Crippen LogP contribution in [0.15, 0.2) is 11.2 Å². The molecular formula is C7H11FN4OS.